The quantitative estimate of drug-likeness (QED) is 0.486. The first-order chi connectivity index (χ1) is 15.5. The highest BCUT2D eigenvalue weighted by molar-refractivity contribution is 5.79. The lowest BCUT2D eigenvalue weighted by molar-refractivity contribution is 0.0409. The summed E-state index contributed by atoms with van der Waals surface area (Å²) < 4.78 is 13.2. The summed E-state index contributed by atoms with van der Waals surface area (Å²) in [7, 11) is 3.54. The van der Waals surface area contributed by atoms with Crippen molar-refractivity contribution in [2.45, 2.75) is 38.6 Å². The smallest absolute Gasteiger partial charge is 0.118 e. The molecular weight excluding hydrogens is 402 g/mol. The van der Waals surface area contributed by atoms with Gasteiger partial charge in [0.2, 0.25) is 0 Å². The number of aliphatic hydroxyl groups excluding tert-OH is 1. The number of rotatable bonds is 6. The van der Waals surface area contributed by atoms with Crippen molar-refractivity contribution in [1.29, 1.82) is 0 Å². The Bertz CT molecular complexity index is 1260. The average molecular weight is 430 g/mol. The van der Waals surface area contributed by atoms with E-state index < -0.39 is 6.10 Å². The first kappa shape index (κ1) is 20.7. The van der Waals surface area contributed by atoms with Gasteiger partial charge in [0.05, 0.1) is 25.3 Å². The Morgan fingerprint density at radius 1 is 1.12 bits per heavy atom. The topological polar surface area (TPSA) is 69.4 Å². The van der Waals surface area contributed by atoms with Crippen LogP contribution < -0.4 is 4.74 Å². The lowest BCUT2D eigenvalue weighted by Crippen LogP contribution is -2.05. The predicted octanol–water partition coefficient (Wildman–Crippen LogP) is 4.57. The van der Waals surface area contributed by atoms with Crippen molar-refractivity contribution < 1.29 is 14.6 Å². The van der Waals surface area contributed by atoms with Crippen molar-refractivity contribution >= 4 is 11.0 Å². The molecule has 6 heteroatoms. The molecule has 0 amide bonds. The average Bonchev–Trinajstić information content (AvgIpc) is 3.41. The number of fused-ring (bicyclic) bond motifs is 2. The van der Waals surface area contributed by atoms with Crippen LogP contribution in [0.15, 0.2) is 54.6 Å². The second-order valence-corrected chi connectivity index (χ2v) is 8.41. The summed E-state index contributed by atoms with van der Waals surface area (Å²) in [6.45, 7) is 2.53. The van der Waals surface area contributed by atoms with Gasteiger partial charge < -0.3 is 14.6 Å². The van der Waals surface area contributed by atoms with E-state index in [1.807, 2.05) is 56.4 Å². The van der Waals surface area contributed by atoms with E-state index in [1.54, 1.807) is 11.8 Å². The molecule has 3 aromatic carbocycles. The van der Waals surface area contributed by atoms with E-state index in [2.05, 4.69) is 22.4 Å². The standard InChI is InChI=1S/C26H27N3O3/c1-16-21(11-12-23-25(16)27-28-29(23)2)26(30)19-7-6-18-8-13-24(22(18)14-19)32-15-17-4-9-20(31-3)10-5-17/h4-7,9-12,14,24,26,30H,8,13,15H2,1-3H3. The van der Waals surface area contributed by atoms with E-state index in [-0.39, 0.29) is 6.10 Å². The molecule has 0 bridgehead atoms. The third kappa shape index (κ3) is 3.66. The van der Waals surface area contributed by atoms with E-state index in [0.717, 1.165) is 51.9 Å². The Hall–Kier alpha value is -3.22. The second-order valence-electron chi connectivity index (χ2n) is 8.41. The van der Waals surface area contributed by atoms with Gasteiger partial charge in [-0.2, -0.15) is 0 Å². The van der Waals surface area contributed by atoms with Crippen LogP contribution in [0.4, 0.5) is 0 Å². The highest BCUT2D eigenvalue weighted by Crippen LogP contribution is 2.38. The van der Waals surface area contributed by atoms with Crippen LogP contribution >= 0.6 is 0 Å². The first-order valence-corrected chi connectivity index (χ1v) is 10.9. The molecule has 1 N–H and O–H groups in total. The molecule has 4 aromatic rings. The summed E-state index contributed by atoms with van der Waals surface area (Å²) in [4.78, 5) is 0. The molecule has 0 fully saturated rings. The Kier molecular flexibility index (Phi) is 5.41. The Labute approximate surface area is 187 Å². The molecule has 0 aliphatic heterocycles. The molecule has 0 spiro atoms. The second kappa shape index (κ2) is 8.37. The third-order valence-corrected chi connectivity index (χ3v) is 6.49. The van der Waals surface area contributed by atoms with Crippen molar-refractivity contribution in [2.24, 2.45) is 7.05 Å². The Balaban J connectivity index is 1.37. The summed E-state index contributed by atoms with van der Waals surface area (Å²) in [5, 5.41) is 19.6. The Morgan fingerprint density at radius 3 is 2.72 bits per heavy atom. The molecule has 32 heavy (non-hydrogen) atoms. The molecule has 2 unspecified atom stereocenters. The predicted molar refractivity (Wildman–Crippen MR) is 123 cm³/mol. The molecule has 6 nitrogen and oxygen atoms in total. The molecule has 1 aliphatic rings. The zero-order valence-corrected chi connectivity index (χ0v) is 18.6. The van der Waals surface area contributed by atoms with Crippen molar-refractivity contribution in [3.05, 3.63) is 88.0 Å². The van der Waals surface area contributed by atoms with Crippen LogP contribution in [-0.4, -0.2) is 27.2 Å². The van der Waals surface area contributed by atoms with Crippen LogP contribution in [0.3, 0.4) is 0 Å². The summed E-state index contributed by atoms with van der Waals surface area (Å²) in [6.07, 6.45) is 1.25. The van der Waals surface area contributed by atoms with Crippen molar-refractivity contribution in [2.75, 3.05) is 7.11 Å². The van der Waals surface area contributed by atoms with E-state index in [9.17, 15) is 5.11 Å². The highest BCUT2D eigenvalue weighted by Gasteiger charge is 2.25. The maximum atomic E-state index is 11.2. The molecule has 1 aromatic heterocycles. The van der Waals surface area contributed by atoms with Gasteiger partial charge in [0.15, 0.2) is 0 Å². The van der Waals surface area contributed by atoms with Gasteiger partial charge in [0.1, 0.15) is 17.4 Å². The summed E-state index contributed by atoms with van der Waals surface area (Å²) in [5.41, 5.74) is 8.04. The van der Waals surface area contributed by atoms with Crippen LogP contribution in [0.2, 0.25) is 0 Å². The monoisotopic (exact) mass is 429 g/mol. The molecular formula is C26H27N3O3. The molecule has 1 heterocycles. The molecule has 164 valence electrons. The number of benzene rings is 3. The highest BCUT2D eigenvalue weighted by atomic mass is 16.5. The minimum atomic E-state index is -0.727. The number of methoxy groups -OCH3 is 1. The molecule has 0 radical (unpaired) electrons. The third-order valence-electron chi connectivity index (χ3n) is 6.49. The van der Waals surface area contributed by atoms with Gasteiger partial charge in [-0.3, -0.25) is 0 Å². The summed E-state index contributed by atoms with van der Waals surface area (Å²) in [5.74, 6) is 0.841. The molecule has 0 saturated heterocycles. The van der Waals surface area contributed by atoms with Crippen molar-refractivity contribution in [3.63, 3.8) is 0 Å². The molecule has 0 saturated carbocycles. The molecule has 2 atom stereocenters. The largest absolute Gasteiger partial charge is 0.497 e. The van der Waals surface area contributed by atoms with Crippen molar-refractivity contribution in [1.82, 2.24) is 15.0 Å². The first-order valence-electron chi connectivity index (χ1n) is 10.9. The zero-order valence-electron chi connectivity index (χ0n) is 18.6. The van der Waals surface area contributed by atoms with Gasteiger partial charge in [0, 0.05) is 7.05 Å². The molecule has 5 rings (SSSR count). The van der Waals surface area contributed by atoms with E-state index in [1.165, 1.54) is 11.1 Å². The number of aliphatic hydroxyl groups is 1. The van der Waals surface area contributed by atoms with Crippen molar-refractivity contribution in [3.8, 4) is 5.75 Å². The van der Waals surface area contributed by atoms with E-state index in [4.69, 9.17) is 9.47 Å². The zero-order chi connectivity index (χ0) is 22.2. The normalized spacial score (nSPS) is 16.3. The van der Waals surface area contributed by atoms with Crippen LogP contribution in [-0.2, 0) is 24.8 Å². The fraction of sp³-hybridized carbons (Fsp3) is 0.308. The fourth-order valence-corrected chi connectivity index (χ4v) is 4.57. The van der Waals surface area contributed by atoms with Gasteiger partial charge in [-0.05, 0) is 77.4 Å². The lowest BCUT2D eigenvalue weighted by Gasteiger charge is -2.18. The summed E-state index contributed by atoms with van der Waals surface area (Å²) >= 11 is 0. The van der Waals surface area contributed by atoms with Crippen LogP contribution in [0, 0.1) is 6.92 Å². The van der Waals surface area contributed by atoms with Gasteiger partial charge in [0.25, 0.3) is 0 Å². The number of aryl methyl sites for hydroxylation is 3. The van der Waals surface area contributed by atoms with Crippen LogP contribution in [0.25, 0.3) is 11.0 Å². The van der Waals surface area contributed by atoms with Gasteiger partial charge in [-0.25, -0.2) is 4.68 Å². The number of aromatic nitrogens is 3. The number of hydrogen-bond donors (Lipinski definition) is 1. The fourth-order valence-electron chi connectivity index (χ4n) is 4.57. The maximum Gasteiger partial charge on any atom is 0.118 e. The van der Waals surface area contributed by atoms with E-state index in [0.29, 0.717) is 6.61 Å². The minimum absolute atomic E-state index is 0.0304. The van der Waals surface area contributed by atoms with Gasteiger partial charge in [-0.1, -0.05) is 35.5 Å². The van der Waals surface area contributed by atoms with Gasteiger partial charge >= 0.3 is 0 Å². The van der Waals surface area contributed by atoms with E-state index >= 15 is 0 Å². The number of nitrogens with zero attached hydrogens (tertiary/aromatic N) is 3. The van der Waals surface area contributed by atoms with Crippen LogP contribution in [0.5, 0.6) is 5.75 Å². The maximum absolute atomic E-state index is 11.2. The summed E-state index contributed by atoms with van der Waals surface area (Å²) in [6, 6.07) is 18.1. The minimum Gasteiger partial charge on any atom is -0.497 e. The van der Waals surface area contributed by atoms with Gasteiger partial charge in [-0.15, -0.1) is 5.10 Å². The molecule has 1 aliphatic carbocycles. The Morgan fingerprint density at radius 2 is 1.94 bits per heavy atom. The lowest BCUT2D eigenvalue weighted by atomic mass is 9.94. The number of hydrogen-bond acceptors (Lipinski definition) is 5. The van der Waals surface area contributed by atoms with Crippen LogP contribution in [0.1, 0.15) is 52.0 Å². The SMILES string of the molecule is COc1ccc(COC2CCc3ccc(C(O)c4ccc5c(nnn5C)c4C)cc32)cc1. The number of ether oxygens (including phenoxy) is 2.